The van der Waals surface area contributed by atoms with Gasteiger partial charge in [0.1, 0.15) is 23.5 Å². The number of hydrogen-bond donors (Lipinski definition) is 5. The molecule has 3 fully saturated rings. The molecule has 3 heterocycles. The zero-order chi connectivity index (χ0) is 37.5. The zero-order valence-electron chi connectivity index (χ0n) is 31.2. The van der Waals surface area contributed by atoms with Gasteiger partial charge in [0.15, 0.2) is 5.82 Å². The molecule has 1 aromatic heterocycles. The van der Waals surface area contributed by atoms with Crippen molar-refractivity contribution in [1.82, 2.24) is 30.8 Å². The van der Waals surface area contributed by atoms with E-state index >= 15 is 0 Å². The molecule has 2 atom stereocenters. The number of nitrogens with one attached hydrogen (secondary N) is 4. The Morgan fingerprint density at radius 3 is 2.42 bits per heavy atom. The van der Waals surface area contributed by atoms with Gasteiger partial charge in [0.2, 0.25) is 11.9 Å². The molecule has 1 aromatic carbocycles. The van der Waals surface area contributed by atoms with E-state index in [1.54, 1.807) is 43.5 Å². The number of carbonyl (C=O) groups excluding carboxylic acids is 3. The summed E-state index contributed by atoms with van der Waals surface area (Å²) in [5.74, 6) is 0.486. The van der Waals surface area contributed by atoms with Crippen molar-refractivity contribution < 1.29 is 29.0 Å². The molecule has 2 aromatic rings. The lowest BCUT2D eigenvalue weighted by atomic mass is 9.84. The van der Waals surface area contributed by atoms with Crippen molar-refractivity contribution in [3.63, 3.8) is 0 Å². The summed E-state index contributed by atoms with van der Waals surface area (Å²) in [6, 6.07) is 3.94. The van der Waals surface area contributed by atoms with Crippen LogP contribution in [0.2, 0.25) is 0 Å². The molecule has 0 spiro atoms. The second kappa shape index (κ2) is 17.4. The predicted octanol–water partition coefficient (Wildman–Crippen LogP) is 4.26. The van der Waals surface area contributed by atoms with Crippen LogP contribution in [0, 0.1) is 5.92 Å². The van der Waals surface area contributed by atoms with Crippen LogP contribution >= 0.6 is 0 Å². The van der Waals surface area contributed by atoms with Gasteiger partial charge >= 0.3 is 12.0 Å². The Morgan fingerprint density at radius 2 is 1.74 bits per heavy atom. The van der Waals surface area contributed by atoms with Crippen molar-refractivity contribution in [2.24, 2.45) is 5.92 Å². The van der Waals surface area contributed by atoms with E-state index < -0.39 is 18.0 Å². The van der Waals surface area contributed by atoms with E-state index in [1.165, 1.54) is 0 Å². The summed E-state index contributed by atoms with van der Waals surface area (Å²) in [5, 5.41) is 21.6. The standard InChI is InChI=1S/C38H55N9O6/c1-4-29-35(49)45(2)30-23-40-37(44-33(30)47(29)27-12-8-9-13-27)42-28-15-14-25(22-31(28)53-3)34(48)41-26-16-19-46(20-17-26)21-18-39-38(52)43-32(36(50)51)24-10-6-5-7-11-24/h14-15,22-24,26-27,29,32H,4-13,16-21H2,1-3H3,(H,41,48)(H,50,51)(H2,39,43,52)(H,40,42,44)/t29-,32+/m1/s1. The van der Waals surface area contributed by atoms with Crippen LogP contribution in [-0.4, -0.2) is 108 Å². The van der Waals surface area contributed by atoms with Gasteiger partial charge in [0.05, 0.1) is 19.0 Å². The summed E-state index contributed by atoms with van der Waals surface area (Å²) in [7, 11) is 3.33. The Morgan fingerprint density at radius 1 is 1.02 bits per heavy atom. The average molecular weight is 734 g/mol. The van der Waals surface area contributed by atoms with Crippen molar-refractivity contribution in [2.45, 2.75) is 108 Å². The number of carboxylic acids is 1. The topological polar surface area (TPSA) is 181 Å². The number of carbonyl (C=O) groups is 4. The van der Waals surface area contributed by atoms with E-state index in [0.717, 1.165) is 89.5 Å². The molecule has 53 heavy (non-hydrogen) atoms. The maximum Gasteiger partial charge on any atom is 0.326 e. The number of carboxylic acid groups (broad SMARTS) is 1. The quantitative estimate of drug-likeness (QED) is 0.199. The number of rotatable bonds is 13. The van der Waals surface area contributed by atoms with Gasteiger partial charge in [-0.3, -0.25) is 9.59 Å². The summed E-state index contributed by atoms with van der Waals surface area (Å²) in [5.41, 5.74) is 1.79. The van der Waals surface area contributed by atoms with Crippen LogP contribution in [0.1, 0.15) is 94.3 Å². The molecule has 2 saturated carbocycles. The lowest BCUT2D eigenvalue weighted by Gasteiger charge is -2.43. The van der Waals surface area contributed by atoms with Crippen molar-refractivity contribution in [2.75, 3.05) is 55.5 Å². The number of methoxy groups -OCH3 is 1. The van der Waals surface area contributed by atoms with Gasteiger partial charge < -0.3 is 45.8 Å². The van der Waals surface area contributed by atoms with E-state index in [9.17, 15) is 24.3 Å². The number of ether oxygens (including phenoxy) is 1. The van der Waals surface area contributed by atoms with Crippen LogP contribution in [0.15, 0.2) is 24.4 Å². The molecular formula is C38H55N9O6. The number of urea groups is 1. The maximum atomic E-state index is 13.3. The second-order valence-corrected chi connectivity index (χ2v) is 14.8. The molecule has 1 saturated heterocycles. The fourth-order valence-electron chi connectivity index (χ4n) is 8.44. The highest BCUT2D eigenvalue weighted by Crippen LogP contribution is 2.40. The van der Waals surface area contributed by atoms with E-state index in [0.29, 0.717) is 48.1 Å². The Labute approximate surface area is 311 Å². The van der Waals surface area contributed by atoms with Crippen LogP contribution in [0.5, 0.6) is 5.75 Å². The third-order valence-corrected chi connectivity index (χ3v) is 11.4. The smallest absolute Gasteiger partial charge is 0.326 e. The normalized spacial score (nSPS) is 20.8. The molecule has 288 valence electrons. The van der Waals surface area contributed by atoms with Crippen molar-refractivity contribution in [3.05, 3.63) is 30.0 Å². The van der Waals surface area contributed by atoms with Gasteiger partial charge in [0.25, 0.3) is 5.91 Å². The van der Waals surface area contributed by atoms with Gasteiger partial charge in [-0.05, 0) is 69.1 Å². The molecule has 0 radical (unpaired) electrons. The molecule has 0 bridgehead atoms. The monoisotopic (exact) mass is 733 g/mol. The van der Waals surface area contributed by atoms with Gasteiger partial charge in [-0.1, -0.05) is 39.0 Å². The van der Waals surface area contributed by atoms with E-state index in [2.05, 4.69) is 36.1 Å². The lowest BCUT2D eigenvalue weighted by molar-refractivity contribution is -0.141. The fourth-order valence-corrected chi connectivity index (χ4v) is 8.44. The molecule has 15 heteroatoms. The Bertz CT molecular complexity index is 1620. The van der Waals surface area contributed by atoms with Crippen LogP contribution in [0.3, 0.4) is 0 Å². The lowest BCUT2D eigenvalue weighted by Crippen LogP contribution is -2.55. The van der Waals surface area contributed by atoms with E-state index in [4.69, 9.17) is 9.72 Å². The molecule has 2 aliphatic heterocycles. The minimum Gasteiger partial charge on any atom is -0.495 e. The highest BCUT2D eigenvalue weighted by molar-refractivity contribution is 6.04. The van der Waals surface area contributed by atoms with Gasteiger partial charge in [-0.2, -0.15) is 4.98 Å². The first-order chi connectivity index (χ1) is 25.7. The Hall–Kier alpha value is -4.66. The van der Waals surface area contributed by atoms with Crippen molar-refractivity contribution in [3.8, 4) is 5.75 Å². The van der Waals surface area contributed by atoms with Crippen molar-refractivity contribution in [1.29, 1.82) is 0 Å². The van der Waals surface area contributed by atoms with Crippen molar-refractivity contribution >= 4 is 47.0 Å². The number of likely N-dealkylation sites (tertiary alicyclic amines) is 1. The number of nitrogens with zero attached hydrogens (tertiary/aromatic N) is 5. The molecule has 0 unspecified atom stereocenters. The number of hydrogen-bond acceptors (Lipinski definition) is 10. The van der Waals surface area contributed by atoms with Gasteiger partial charge in [-0.25, -0.2) is 14.6 Å². The maximum absolute atomic E-state index is 13.3. The molecule has 15 nitrogen and oxygen atoms in total. The summed E-state index contributed by atoms with van der Waals surface area (Å²) >= 11 is 0. The predicted molar refractivity (Wildman–Crippen MR) is 202 cm³/mol. The average Bonchev–Trinajstić information content (AvgIpc) is 3.71. The molecule has 2 aliphatic carbocycles. The van der Waals surface area contributed by atoms with Gasteiger partial charge in [-0.15, -0.1) is 0 Å². The first-order valence-corrected chi connectivity index (χ1v) is 19.3. The summed E-state index contributed by atoms with van der Waals surface area (Å²) in [6.07, 6.45) is 13.0. The van der Waals surface area contributed by atoms with Crippen LogP contribution in [0.25, 0.3) is 0 Å². The highest BCUT2D eigenvalue weighted by Gasteiger charge is 2.41. The molecular weight excluding hydrogens is 678 g/mol. The first kappa shape index (κ1) is 38.1. The third-order valence-electron chi connectivity index (χ3n) is 11.4. The number of benzene rings is 1. The van der Waals surface area contributed by atoms with E-state index in [1.807, 2.05) is 6.92 Å². The number of piperidine rings is 1. The Balaban J connectivity index is 0.996. The van der Waals surface area contributed by atoms with Gasteiger partial charge in [0, 0.05) is 50.9 Å². The second-order valence-electron chi connectivity index (χ2n) is 14.8. The minimum atomic E-state index is -0.980. The van der Waals surface area contributed by atoms with Crippen LogP contribution < -0.4 is 35.8 Å². The van der Waals surface area contributed by atoms with Crippen LogP contribution in [-0.2, 0) is 9.59 Å². The molecule has 6 rings (SSSR count). The zero-order valence-corrected chi connectivity index (χ0v) is 31.2. The number of amides is 4. The van der Waals surface area contributed by atoms with E-state index in [-0.39, 0.29) is 35.9 Å². The molecule has 4 amide bonds. The summed E-state index contributed by atoms with van der Waals surface area (Å²) in [6.45, 7) is 4.62. The summed E-state index contributed by atoms with van der Waals surface area (Å²) < 4.78 is 5.68. The molecule has 4 aliphatic rings. The number of fused-ring (bicyclic) bond motifs is 1. The minimum absolute atomic E-state index is 0.00860. The third kappa shape index (κ3) is 8.94. The number of anilines is 4. The first-order valence-electron chi connectivity index (χ1n) is 19.3. The summed E-state index contributed by atoms with van der Waals surface area (Å²) in [4.78, 5) is 66.4. The molecule has 5 N–H and O–H groups in total. The number of likely N-dealkylation sites (N-methyl/N-ethyl adjacent to an activating group) is 1. The largest absolute Gasteiger partial charge is 0.495 e. The number of aliphatic carboxylic acids is 1. The SMILES string of the molecule is CC[C@@H]1C(=O)N(C)c2cnc(Nc3ccc(C(=O)NC4CCN(CCNC(=O)N[C@H](C(=O)O)C5CCCCC5)CC4)cc3OC)nc2N1C1CCCC1. The fraction of sp³-hybridized carbons (Fsp3) is 0.632. The number of aromatic nitrogens is 2. The van der Waals surface area contributed by atoms with Crippen LogP contribution in [0.4, 0.5) is 27.9 Å². The highest BCUT2D eigenvalue weighted by atomic mass is 16.5. The Kier molecular flexibility index (Phi) is 12.5.